The van der Waals surface area contributed by atoms with Gasteiger partial charge in [-0.2, -0.15) is 0 Å². The molecule has 0 bridgehead atoms. The molecule has 1 aromatic heterocycles. The maximum absolute atomic E-state index is 14.0. The van der Waals surface area contributed by atoms with E-state index in [0.717, 1.165) is 19.2 Å². The third-order valence-corrected chi connectivity index (χ3v) is 4.19. The molecule has 7 nitrogen and oxygen atoms in total. The Hall–Kier alpha value is -4.14. The molecule has 0 saturated heterocycles. The molecule has 31 heavy (non-hydrogen) atoms. The molecular formula is C22H16F2N2O5. The monoisotopic (exact) mass is 426 g/mol. The highest BCUT2D eigenvalue weighted by molar-refractivity contribution is 6.00. The van der Waals surface area contributed by atoms with E-state index >= 15 is 0 Å². The molecular weight excluding hydrogens is 410 g/mol. The number of carbonyl (C=O) groups is 1. The first-order valence-corrected chi connectivity index (χ1v) is 8.93. The smallest absolute Gasteiger partial charge is 0.374 e. The quantitative estimate of drug-likeness (QED) is 0.188. The number of esters is 1. The third-order valence-electron chi connectivity index (χ3n) is 4.19. The van der Waals surface area contributed by atoms with Crippen LogP contribution in [-0.4, -0.2) is 23.0 Å². The number of rotatable bonds is 6. The summed E-state index contributed by atoms with van der Waals surface area (Å²) in [5.74, 6) is -3.23. The van der Waals surface area contributed by atoms with Gasteiger partial charge in [0.15, 0.2) is 0 Å². The van der Waals surface area contributed by atoms with Gasteiger partial charge in [-0.15, -0.1) is 0 Å². The Bertz CT molecular complexity index is 1150. The average molecular weight is 426 g/mol. The second-order valence-corrected chi connectivity index (χ2v) is 6.41. The van der Waals surface area contributed by atoms with E-state index in [4.69, 9.17) is 9.47 Å². The Morgan fingerprint density at radius 1 is 1.03 bits per heavy atom. The number of pyridine rings is 1. The molecule has 0 aliphatic carbocycles. The van der Waals surface area contributed by atoms with Crippen molar-refractivity contribution in [2.24, 2.45) is 0 Å². The van der Waals surface area contributed by atoms with Crippen LogP contribution >= 0.6 is 0 Å². The van der Waals surface area contributed by atoms with E-state index in [2.05, 4.69) is 4.98 Å². The van der Waals surface area contributed by atoms with Gasteiger partial charge in [0.05, 0.1) is 12.0 Å². The second kappa shape index (κ2) is 9.12. The van der Waals surface area contributed by atoms with Crippen LogP contribution in [0.15, 0.2) is 66.6 Å². The van der Waals surface area contributed by atoms with E-state index in [9.17, 15) is 23.7 Å². The van der Waals surface area contributed by atoms with Crippen LogP contribution < -0.4 is 4.74 Å². The highest BCUT2D eigenvalue weighted by atomic mass is 19.1. The Balaban J connectivity index is 2.31. The third kappa shape index (κ3) is 4.89. The summed E-state index contributed by atoms with van der Waals surface area (Å²) in [7, 11) is 1.08. The van der Waals surface area contributed by atoms with E-state index in [0.29, 0.717) is 5.56 Å². The summed E-state index contributed by atoms with van der Waals surface area (Å²) in [6.45, 7) is 1.60. The van der Waals surface area contributed by atoms with Crippen LogP contribution in [0.1, 0.15) is 16.7 Å². The van der Waals surface area contributed by atoms with Crippen molar-refractivity contribution in [2.45, 2.75) is 6.92 Å². The highest BCUT2D eigenvalue weighted by Crippen LogP contribution is 2.33. The lowest BCUT2D eigenvalue weighted by Crippen LogP contribution is -2.15. The molecule has 1 heterocycles. The predicted octanol–water partition coefficient (Wildman–Crippen LogP) is 4.59. The molecule has 9 heteroatoms. The standard InChI is InChI=1S/C22H16F2N2O5/c1-13-9-18(26(28)29)21(25-12-13)31-20(22(27)30-2)19(14-5-3-7-16(23)10-14)15-6-4-8-17(24)11-15/h3-12H,1-2H3. The molecule has 0 radical (unpaired) electrons. The van der Waals surface area contributed by atoms with Crippen LogP contribution in [0.4, 0.5) is 14.5 Å². The minimum Gasteiger partial charge on any atom is -0.463 e. The summed E-state index contributed by atoms with van der Waals surface area (Å²) < 4.78 is 38.3. The minimum atomic E-state index is -1.01. The first-order chi connectivity index (χ1) is 14.8. The zero-order valence-electron chi connectivity index (χ0n) is 16.5. The van der Waals surface area contributed by atoms with Gasteiger partial charge in [-0.05, 0) is 47.9 Å². The van der Waals surface area contributed by atoms with Crippen LogP contribution in [0.3, 0.4) is 0 Å². The Morgan fingerprint density at radius 3 is 2.10 bits per heavy atom. The van der Waals surface area contributed by atoms with Crippen molar-refractivity contribution in [3.63, 3.8) is 0 Å². The number of ether oxygens (including phenoxy) is 2. The molecule has 0 fully saturated rings. The average Bonchev–Trinajstić information content (AvgIpc) is 2.73. The Kier molecular flexibility index (Phi) is 6.35. The SMILES string of the molecule is COC(=O)C(Oc1ncc(C)cc1[N+](=O)[O-])=C(c1cccc(F)c1)c1cccc(F)c1. The zero-order chi connectivity index (χ0) is 22.5. The number of aryl methyl sites for hydroxylation is 1. The van der Waals surface area contributed by atoms with Gasteiger partial charge >= 0.3 is 11.7 Å². The number of nitro groups is 1. The summed E-state index contributed by atoms with van der Waals surface area (Å²) >= 11 is 0. The van der Waals surface area contributed by atoms with Crippen molar-refractivity contribution in [3.05, 3.63) is 105 Å². The number of halogens is 2. The summed E-state index contributed by atoms with van der Waals surface area (Å²) in [6, 6.07) is 11.6. The van der Waals surface area contributed by atoms with Crippen molar-refractivity contribution in [1.29, 1.82) is 0 Å². The van der Waals surface area contributed by atoms with Gasteiger partial charge in [0.25, 0.3) is 5.88 Å². The van der Waals surface area contributed by atoms with E-state index < -0.39 is 39.9 Å². The van der Waals surface area contributed by atoms with Crippen molar-refractivity contribution in [1.82, 2.24) is 4.98 Å². The fourth-order valence-electron chi connectivity index (χ4n) is 2.85. The maximum atomic E-state index is 14.0. The van der Waals surface area contributed by atoms with Crippen LogP contribution in [0.5, 0.6) is 5.88 Å². The molecule has 0 spiro atoms. The molecule has 0 aliphatic rings. The molecule has 158 valence electrons. The number of carbonyl (C=O) groups excluding carboxylic acids is 1. The number of methoxy groups -OCH3 is 1. The maximum Gasteiger partial charge on any atom is 0.374 e. The molecule has 0 saturated carbocycles. The van der Waals surface area contributed by atoms with Gasteiger partial charge in [-0.25, -0.2) is 18.6 Å². The van der Waals surface area contributed by atoms with Gasteiger partial charge < -0.3 is 9.47 Å². The van der Waals surface area contributed by atoms with Crippen molar-refractivity contribution in [3.8, 4) is 5.88 Å². The lowest BCUT2D eigenvalue weighted by Gasteiger charge is -2.15. The normalized spacial score (nSPS) is 10.3. The van der Waals surface area contributed by atoms with E-state index in [1.165, 1.54) is 48.7 Å². The number of hydrogen-bond acceptors (Lipinski definition) is 6. The first-order valence-electron chi connectivity index (χ1n) is 8.93. The molecule has 0 atom stereocenters. The molecule has 3 aromatic rings. The number of benzene rings is 2. The molecule has 0 amide bonds. The van der Waals surface area contributed by atoms with E-state index in [1.807, 2.05) is 0 Å². The van der Waals surface area contributed by atoms with Crippen molar-refractivity contribution >= 4 is 17.2 Å². The van der Waals surface area contributed by atoms with Gasteiger partial charge in [-0.1, -0.05) is 24.3 Å². The zero-order valence-corrected chi connectivity index (χ0v) is 16.5. The fourth-order valence-corrected chi connectivity index (χ4v) is 2.85. The molecule has 0 unspecified atom stereocenters. The number of hydrogen-bond donors (Lipinski definition) is 0. The molecule has 2 aromatic carbocycles. The van der Waals surface area contributed by atoms with Crippen LogP contribution in [0, 0.1) is 28.7 Å². The lowest BCUT2D eigenvalue weighted by atomic mass is 9.96. The van der Waals surface area contributed by atoms with Crippen LogP contribution in [0.2, 0.25) is 0 Å². The van der Waals surface area contributed by atoms with Gasteiger partial charge in [0, 0.05) is 17.8 Å². The minimum absolute atomic E-state index is 0.0254. The van der Waals surface area contributed by atoms with Crippen LogP contribution in [-0.2, 0) is 9.53 Å². The largest absolute Gasteiger partial charge is 0.463 e. The van der Waals surface area contributed by atoms with Crippen molar-refractivity contribution in [2.75, 3.05) is 7.11 Å². The van der Waals surface area contributed by atoms with E-state index in [-0.39, 0.29) is 16.7 Å². The summed E-state index contributed by atoms with van der Waals surface area (Å²) in [6.07, 6.45) is 1.32. The van der Waals surface area contributed by atoms with Gasteiger partial charge in [0.2, 0.25) is 5.76 Å². The van der Waals surface area contributed by atoms with Gasteiger partial charge in [-0.3, -0.25) is 10.1 Å². The summed E-state index contributed by atoms with van der Waals surface area (Å²) in [5.41, 5.74) is 0.321. The highest BCUT2D eigenvalue weighted by Gasteiger charge is 2.27. The topological polar surface area (TPSA) is 91.6 Å². The molecule has 0 N–H and O–H groups in total. The molecule has 0 aliphatic heterocycles. The molecule has 3 rings (SSSR count). The van der Waals surface area contributed by atoms with Gasteiger partial charge in [0.1, 0.15) is 11.6 Å². The summed E-state index contributed by atoms with van der Waals surface area (Å²) in [4.78, 5) is 27.3. The number of aromatic nitrogens is 1. The Morgan fingerprint density at radius 2 is 1.61 bits per heavy atom. The lowest BCUT2D eigenvalue weighted by molar-refractivity contribution is -0.386. The first kappa shape index (κ1) is 21.6. The summed E-state index contributed by atoms with van der Waals surface area (Å²) in [5, 5.41) is 11.4. The second-order valence-electron chi connectivity index (χ2n) is 6.41. The Labute approximate surface area is 175 Å². The van der Waals surface area contributed by atoms with Crippen LogP contribution in [0.25, 0.3) is 5.57 Å². The number of nitrogens with zero attached hydrogens (tertiary/aromatic N) is 2. The predicted molar refractivity (Wildman–Crippen MR) is 107 cm³/mol. The fraction of sp³-hybridized carbons (Fsp3) is 0.0909. The van der Waals surface area contributed by atoms with Crippen molar-refractivity contribution < 1.29 is 28.0 Å². The van der Waals surface area contributed by atoms with E-state index in [1.54, 1.807) is 6.92 Å².